The summed E-state index contributed by atoms with van der Waals surface area (Å²) in [5.74, 6) is -0.444. The Morgan fingerprint density at radius 3 is 2.58 bits per heavy atom. The van der Waals surface area contributed by atoms with E-state index in [1.54, 1.807) is 12.1 Å². The average molecular weight is 326 g/mol. The first-order chi connectivity index (χ1) is 9.06. The van der Waals surface area contributed by atoms with Crippen LogP contribution in [0.15, 0.2) is 22.7 Å². The maximum atomic E-state index is 13.8. The van der Waals surface area contributed by atoms with Crippen molar-refractivity contribution in [2.24, 2.45) is 5.92 Å². The standard InChI is InChI=1S/C15H17BrFNO/c1-18-11-3-4-12(18)7-9(6-11)15(19)13-8-10(16)2-5-14(13)17/h2,5,8-9,11-12H,3-4,6-7H2,1H3. The summed E-state index contributed by atoms with van der Waals surface area (Å²) in [4.78, 5) is 14.9. The maximum absolute atomic E-state index is 13.8. The summed E-state index contributed by atoms with van der Waals surface area (Å²) in [6, 6.07) is 5.61. The number of rotatable bonds is 2. The molecule has 2 nitrogen and oxygen atoms in total. The van der Waals surface area contributed by atoms with Crippen LogP contribution >= 0.6 is 15.9 Å². The van der Waals surface area contributed by atoms with Crippen molar-refractivity contribution in [1.82, 2.24) is 4.90 Å². The molecule has 2 aliphatic rings. The van der Waals surface area contributed by atoms with Gasteiger partial charge in [0.1, 0.15) is 5.82 Å². The fourth-order valence-electron chi connectivity index (χ4n) is 3.53. The highest BCUT2D eigenvalue weighted by Crippen LogP contribution is 2.39. The lowest BCUT2D eigenvalue weighted by molar-refractivity contribution is 0.0763. The normalized spacial score (nSPS) is 30.6. The van der Waals surface area contributed by atoms with Crippen molar-refractivity contribution in [2.75, 3.05) is 7.05 Å². The number of nitrogens with zero attached hydrogens (tertiary/aromatic N) is 1. The number of carbonyl (C=O) groups excluding carboxylic acids is 1. The number of Topliss-reactive ketones (excluding diaryl/α,β-unsaturated/α-hetero) is 1. The molecule has 0 aliphatic carbocycles. The zero-order valence-electron chi connectivity index (χ0n) is 10.9. The summed E-state index contributed by atoms with van der Waals surface area (Å²) in [5, 5.41) is 0. The Balaban J connectivity index is 1.83. The molecule has 2 atom stereocenters. The van der Waals surface area contributed by atoms with Crippen LogP contribution in [0.3, 0.4) is 0 Å². The zero-order valence-corrected chi connectivity index (χ0v) is 12.5. The topological polar surface area (TPSA) is 20.3 Å². The van der Waals surface area contributed by atoms with E-state index in [1.165, 1.54) is 18.9 Å². The van der Waals surface area contributed by atoms with Gasteiger partial charge in [-0.1, -0.05) is 15.9 Å². The molecule has 0 radical (unpaired) electrons. The highest BCUT2D eigenvalue weighted by atomic mass is 79.9. The van der Waals surface area contributed by atoms with Crippen LogP contribution in [0, 0.1) is 11.7 Å². The first kappa shape index (κ1) is 13.3. The summed E-state index contributed by atoms with van der Waals surface area (Å²) in [6.45, 7) is 0. The van der Waals surface area contributed by atoms with E-state index in [-0.39, 0.29) is 17.3 Å². The minimum atomic E-state index is -0.403. The predicted molar refractivity (Wildman–Crippen MR) is 75.7 cm³/mol. The highest BCUT2D eigenvalue weighted by molar-refractivity contribution is 9.10. The van der Waals surface area contributed by atoms with Crippen molar-refractivity contribution in [3.63, 3.8) is 0 Å². The molecule has 3 rings (SSSR count). The molecule has 2 aliphatic heterocycles. The smallest absolute Gasteiger partial charge is 0.169 e. The van der Waals surface area contributed by atoms with Gasteiger partial charge in [-0.15, -0.1) is 0 Å². The third kappa shape index (κ3) is 2.36. The second-order valence-corrected chi connectivity index (χ2v) is 6.62. The van der Waals surface area contributed by atoms with Crippen molar-refractivity contribution < 1.29 is 9.18 Å². The molecule has 2 bridgehead atoms. The summed E-state index contributed by atoms with van der Waals surface area (Å²) in [7, 11) is 2.14. The van der Waals surface area contributed by atoms with Gasteiger partial charge in [0, 0.05) is 22.5 Å². The molecule has 19 heavy (non-hydrogen) atoms. The molecular weight excluding hydrogens is 309 g/mol. The molecule has 2 fully saturated rings. The minimum Gasteiger partial charge on any atom is -0.300 e. The van der Waals surface area contributed by atoms with Crippen LogP contribution in [0.1, 0.15) is 36.0 Å². The number of ketones is 1. The van der Waals surface area contributed by atoms with Crippen LogP contribution in [0.2, 0.25) is 0 Å². The summed E-state index contributed by atoms with van der Waals surface area (Å²) < 4.78 is 14.6. The van der Waals surface area contributed by atoms with Gasteiger partial charge in [-0.25, -0.2) is 4.39 Å². The maximum Gasteiger partial charge on any atom is 0.169 e. The quantitative estimate of drug-likeness (QED) is 0.774. The lowest BCUT2D eigenvalue weighted by atomic mass is 9.85. The lowest BCUT2D eigenvalue weighted by Gasteiger charge is -2.35. The zero-order chi connectivity index (χ0) is 13.6. The number of benzene rings is 1. The van der Waals surface area contributed by atoms with Gasteiger partial charge in [-0.3, -0.25) is 4.79 Å². The fourth-order valence-corrected chi connectivity index (χ4v) is 3.89. The van der Waals surface area contributed by atoms with Gasteiger partial charge >= 0.3 is 0 Å². The molecule has 1 aromatic carbocycles. The number of hydrogen-bond acceptors (Lipinski definition) is 2. The molecular formula is C15H17BrFNO. The van der Waals surface area contributed by atoms with E-state index in [0.717, 1.165) is 17.3 Å². The van der Waals surface area contributed by atoms with Gasteiger partial charge in [0.2, 0.25) is 0 Å². The number of fused-ring (bicyclic) bond motifs is 2. The third-order valence-electron chi connectivity index (χ3n) is 4.66. The molecule has 2 saturated heterocycles. The molecule has 0 N–H and O–H groups in total. The highest BCUT2D eigenvalue weighted by Gasteiger charge is 2.41. The van der Waals surface area contributed by atoms with E-state index in [9.17, 15) is 9.18 Å². The van der Waals surface area contributed by atoms with E-state index in [2.05, 4.69) is 27.9 Å². The van der Waals surface area contributed by atoms with E-state index < -0.39 is 5.82 Å². The summed E-state index contributed by atoms with van der Waals surface area (Å²) in [5.41, 5.74) is 0.239. The first-order valence-electron chi connectivity index (χ1n) is 6.77. The average Bonchev–Trinajstić information content (AvgIpc) is 2.64. The predicted octanol–water partition coefficient (Wildman–Crippen LogP) is 3.64. The third-order valence-corrected chi connectivity index (χ3v) is 5.16. The number of hydrogen-bond donors (Lipinski definition) is 0. The molecule has 4 heteroatoms. The largest absolute Gasteiger partial charge is 0.300 e. The van der Waals surface area contributed by atoms with Crippen LogP contribution in [0.5, 0.6) is 0 Å². The molecule has 0 aromatic heterocycles. The molecule has 0 amide bonds. The Hall–Kier alpha value is -0.740. The Morgan fingerprint density at radius 2 is 1.95 bits per heavy atom. The fraction of sp³-hybridized carbons (Fsp3) is 0.533. The molecule has 0 saturated carbocycles. The second-order valence-electron chi connectivity index (χ2n) is 5.71. The minimum absolute atomic E-state index is 0.0162. The monoisotopic (exact) mass is 325 g/mol. The van der Waals surface area contributed by atoms with Crippen molar-refractivity contribution in [2.45, 2.75) is 37.8 Å². The van der Waals surface area contributed by atoms with E-state index in [0.29, 0.717) is 12.1 Å². The van der Waals surface area contributed by atoms with Crippen molar-refractivity contribution in [3.8, 4) is 0 Å². The Labute approximate surface area is 121 Å². The Bertz CT molecular complexity index is 505. The van der Waals surface area contributed by atoms with Gasteiger partial charge < -0.3 is 4.90 Å². The van der Waals surface area contributed by atoms with Crippen molar-refractivity contribution >= 4 is 21.7 Å². The van der Waals surface area contributed by atoms with E-state index in [1.807, 2.05) is 0 Å². The number of carbonyl (C=O) groups is 1. The molecule has 0 spiro atoms. The van der Waals surface area contributed by atoms with Gasteiger partial charge in [0.25, 0.3) is 0 Å². The first-order valence-corrected chi connectivity index (χ1v) is 7.56. The van der Waals surface area contributed by atoms with Gasteiger partial charge in [0.05, 0.1) is 5.56 Å². The van der Waals surface area contributed by atoms with Crippen molar-refractivity contribution in [3.05, 3.63) is 34.1 Å². The Morgan fingerprint density at radius 1 is 1.32 bits per heavy atom. The van der Waals surface area contributed by atoms with Gasteiger partial charge in [-0.05, 0) is 50.9 Å². The number of piperidine rings is 1. The molecule has 102 valence electrons. The lowest BCUT2D eigenvalue weighted by Crippen LogP contribution is -2.42. The summed E-state index contributed by atoms with van der Waals surface area (Å²) >= 11 is 3.31. The van der Waals surface area contributed by atoms with Crippen LogP contribution in [-0.4, -0.2) is 29.8 Å². The molecule has 2 unspecified atom stereocenters. The Kier molecular flexibility index (Phi) is 3.48. The molecule has 1 aromatic rings. The molecule has 2 heterocycles. The second kappa shape index (κ2) is 4.98. The van der Waals surface area contributed by atoms with Crippen LogP contribution in [0.4, 0.5) is 4.39 Å². The van der Waals surface area contributed by atoms with Gasteiger partial charge in [-0.2, -0.15) is 0 Å². The van der Waals surface area contributed by atoms with Gasteiger partial charge in [0.15, 0.2) is 5.78 Å². The van der Waals surface area contributed by atoms with Crippen molar-refractivity contribution in [1.29, 1.82) is 0 Å². The van der Waals surface area contributed by atoms with Crippen LogP contribution in [0.25, 0.3) is 0 Å². The van der Waals surface area contributed by atoms with E-state index >= 15 is 0 Å². The van der Waals surface area contributed by atoms with Crippen LogP contribution < -0.4 is 0 Å². The van der Waals surface area contributed by atoms with E-state index in [4.69, 9.17) is 0 Å². The number of halogens is 2. The SMILES string of the molecule is CN1C2CCC1CC(C(=O)c1cc(Br)ccc1F)C2. The van der Waals surface area contributed by atoms with Crippen LogP contribution in [-0.2, 0) is 0 Å². The summed E-state index contributed by atoms with van der Waals surface area (Å²) in [6.07, 6.45) is 4.09.